The van der Waals surface area contributed by atoms with E-state index < -0.39 is 0 Å². The fraction of sp³-hybridized carbons (Fsp3) is 0.400. The zero-order chi connectivity index (χ0) is 14.4. The summed E-state index contributed by atoms with van der Waals surface area (Å²) in [5, 5.41) is 0.906. The third-order valence-corrected chi connectivity index (χ3v) is 4.13. The molecule has 0 amide bonds. The SMILES string of the molecule is CCCc1nc(N(CC)Cc2ccccn2)sc1C=O. The zero-order valence-electron chi connectivity index (χ0n) is 11.9. The van der Waals surface area contributed by atoms with Crippen LogP contribution in [0, 0.1) is 0 Å². The van der Waals surface area contributed by atoms with Crippen LogP contribution in [0.2, 0.25) is 0 Å². The van der Waals surface area contributed by atoms with E-state index in [1.54, 1.807) is 6.20 Å². The lowest BCUT2D eigenvalue weighted by Gasteiger charge is -2.19. The average molecular weight is 289 g/mol. The second-order valence-electron chi connectivity index (χ2n) is 4.51. The molecular weight excluding hydrogens is 270 g/mol. The molecule has 0 spiro atoms. The number of aryl methyl sites for hydroxylation is 1. The van der Waals surface area contributed by atoms with Crippen molar-refractivity contribution in [1.82, 2.24) is 9.97 Å². The van der Waals surface area contributed by atoms with Gasteiger partial charge in [-0.3, -0.25) is 9.78 Å². The molecule has 5 heteroatoms. The maximum Gasteiger partial charge on any atom is 0.186 e. The van der Waals surface area contributed by atoms with E-state index in [-0.39, 0.29) is 0 Å². The number of anilines is 1. The highest BCUT2D eigenvalue weighted by atomic mass is 32.1. The highest BCUT2D eigenvalue weighted by Crippen LogP contribution is 2.27. The molecule has 0 aliphatic rings. The summed E-state index contributed by atoms with van der Waals surface area (Å²) in [7, 11) is 0. The molecule has 20 heavy (non-hydrogen) atoms. The standard InChI is InChI=1S/C15H19N3OS/c1-3-7-13-14(11-19)20-15(17-13)18(4-2)10-12-8-5-6-9-16-12/h5-6,8-9,11H,3-4,7,10H2,1-2H3. The summed E-state index contributed by atoms with van der Waals surface area (Å²) in [6.45, 7) is 5.74. The number of rotatable bonds is 7. The van der Waals surface area contributed by atoms with Gasteiger partial charge in [-0.25, -0.2) is 4.98 Å². The first kappa shape index (κ1) is 14.7. The van der Waals surface area contributed by atoms with Crippen molar-refractivity contribution in [3.05, 3.63) is 40.7 Å². The van der Waals surface area contributed by atoms with E-state index in [0.29, 0.717) is 6.54 Å². The summed E-state index contributed by atoms with van der Waals surface area (Å²) < 4.78 is 0. The van der Waals surface area contributed by atoms with Gasteiger partial charge in [0.2, 0.25) is 0 Å². The lowest BCUT2D eigenvalue weighted by Crippen LogP contribution is -2.22. The van der Waals surface area contributed by atoms with E-state index in [2.05, 4.69) is 28.7 Å². The van der Waals surface area contributed by atoms with E-state index in [4.69, 9.17) is 0 Å². The molecule has 0 saturated heterocycles. The van der Waals surface area contributed by atoms with Gasteiger partial charge in [-0.2, -0.15) is 0 Å². The van der Waals surface area contributed by atoms with Gasteiger partial charge < -0.3 is 4.90 Å². The molecule has 4 nitrogen and oxygen atoms in total. The van der Waals surface area contributed by atoms with Gasteiger partial charge >= 0.3 is 0 Å². The summed E-state index contributed by atoms with van der Waals surface area (Å²) in [5.74, 6) is 0. The molecule has 0 aliphatic carbocycles. The van der Waals surface area contributed by atoms with Crippen LogP contribution >= 0.6 is 11.3 Å². The fourth-order valence-corrected chi connectivity index (χ4v) is 2.98. The van der Waals surface area contributed by atoms with Crippen LogP contribution in [0.15, 0.2) is 24.4 Å². The Morgan fingerprint density at radius 1 is 1.35 bits per heavy atom. The Morgan fingerprint density at radius 2 is 2.20 bits per heavy atom. The van der Waals surface area contributed by atoms with E-state index in [1.807, 2.05) is 18.2 Å². The van der Waals surface area contributed by atoms with Gasteiger partial charge in [-0.1, -0.05) is 30.7 Å². The Bertz CT molecular complexity index is 554. The largest absolute Gasteiger partial charge is 0.342 e. The summed E-state index contributed by atoms with van der Waals surface area (Å²) in [4.78, 5) is 23.0. The maximum atomic E-state index is 11.1. The summed E-state index contributed by atoms with van der Waals surface area (Å²) in [6.07, 6.45) is 4.56. The molecule has 2 aromatic rings. The highest BCUT2D eigenvalue weighted by Gasteiger charge is 2.15. The van der Waals surface area contributed by atoms with Crippen LogP contribution in [-0.4, -0.2) is 22.8 Å². The lowest BCUT2D eigenvalue weighted by atomic mass is 10.2. The normalized spacial score (nSPS) is 10.5. The lowest BCUT2D eigenvalue weighted by molar-refractivity contribution is 0.112. The van der Waals surface area contributed by atoms with Gasteiger partial charge in [0.05, 0.1) is 22.8 Å². The molecule has 0 N–H and O–H groups in total. The van der Waals surface area contributed by atoms with E-state index in [0.717, 1.165) is 47.1 Å². The molecule has 0 aliphatic heterocycles. The third-order valence-electron chi connectivity index (χ3n) is 3.04. The Morgan fingerprint density at radius 3 is 2.80 bits per heavy atom. The topological polar surface area (TPSA) is 46.1 Å². The molecule has 0 fully saturated rings. The van der Waals surface area contributed by atoms with Gasteiger partial charge in [-0.05, 0) is 25.5 Å². The summed E-state index contributed by atoms with van der Waals surface area (Å²) in [6, 6.07) is 5.90. The second-order valence-corrected chi connectivity index (χ2v) is 5.52. The summed E-state index contributed by atoms with van der Waals surface area (Å²) >= 11 is 1.47. The zero-order valence-corrected chi connectivity index (χ0v) is 12.7. The van der Waals surface area contributed by atoms with Crippen molar-refractivity contribution < 1.29 is 4.79 Å². The van der Waals surface area contributed by atoms with Gasteiger partial charge in [0.1, 0.15) is 0 Å². The van der Waals surface area contributed by atoms with Crippen molar-refractivity contribution in [3.63, 3.8) is 0 Å². The molecule has 2 rings (SSSR count). The van der Waals surface area contributed by atoms with Gasteiger partial charge in [0.25, 0.3) is 0 Å². The third kappa shape index (κ3) is 3.42. The van der Waals surface area contributed by atoms with Crippen LogP contribution in [0.3, 0.4) is 0 Å². The van der Waals surface area contributed by atoms with Gasteiger partial charge in [-0.15, -0.1) is 0 Å². The predicted octanol–water partition coefficient (Wildman–Crippen LogP) is 3.33. The van der Waals surface area contributed by atoms with Crippen molar-refractivity contribution >= 4 is 22.8 Å². The molecule has 2 heterocycles. The van der Waals surface area contributed by atoms with Gasteiger partial charge in [0.15, 0.2) is 11.4 Å². The van der Waals surface area contributed by atoms with Crippen LogP contribution in [0.5, 0.6) is 0 Å². The fourth-order valence-electron chi connectivity index (χ4n) is 2.00. The van der Waals surface area contributed by atoms with Crippen LogP contribution < -0.4 is 4.90 Å². The smallest absolute Gasteiger partial charge is 0.186 e. The number of nitrogens with zero attached hydrogens (tertiary/aromatic N) is 3. The highest BCUT2D eigenvalue weighted by molar-refractivity contribution is 7.17. The Balaban J connectivity index is 2.21. The first-order valence-corrected chi connectivity index (χ1v) is 7.69. The summed E-state index contributed by atoms with van der Waals surface area (Å²) in [5.41, 5.74) is 1.93. The second kappa shape index (κ2) is 7.14. The Hall–Kier alpha value is -1.75. The maximum absolute atomic E-state index is 11.1. The molecule has 0 radical (unpaired) electrons. The first-order chi connectivity index (χ1) is 9.78. The minimum atomic E-state index is 0.717. The molecule has 0 bridgehead atoms. The quantitative estimate of drug-likeness (QED) is 0.733. The minimum Gasteiger partial charge on any atom is -0.342 e. The van der Waals surface area contributed by atoms with Crippen molar-refractivity contribution in [1.29, 1.82) is 0 Å². The number of aldehydes is 1. The number of hydrogen-bond acceptors (Lipinski definition) is 5. The molecular formula is C15H19N3OS. The molecule has 2 aromatic heterocycles. The Labute approximate surface area is 123 Å². The van der Waals surface area contributed by atoms with Crippen LogP contribution in [0.25, 0.3) is 0 Å². The first-order valence-electron chi connectivity index (χ1n) is 6.88. The van der Waals surface area contributed by atoms with Crippen LogP contribution in [0.1, 0.15) is 41.3 Å². The number of pyridine rings is 1. The van der Waals surface area contributed by atoms with Crippen molar-refractivity contribution in [2.45, 2.75) is 33.2 Å². The molecule has 0 aromatic carbocycles. The monoisotopic (exact) mass is 289 g/mol. The van der Waals surface area contributed by atoms with Crippen LogP contribution in [-0.2, 0) is 13.0 Å². The predicted molar refractivity (Wildman–Crippen MR) is 82.5 cm³/mol. The van der Waals surface area contributed by atoms with Crippen LogP contribution in [0.4, 0.5) is 5.13 Å². The molecule has 0 unspecified atom stereocenters. The average Bonchev–Trinajstić information content (AvgIpc) is 2.89. The number of aromatic nitrogens is 2. The van der Waals surface area contributed by atoms with Crippen molar-refractivity contribution in [2.75, 3.05) is 11.4 Å². The molecule has 0 atom stereocenters. The van der Waals surface area contributed by atoms with Crippen molar-refractivity contribution in [2.24, 2.45) is 0 Å². The number of carbonyl (C=O) groups is 1. The number of thiazole rings is 1. The Kier molecular flexibility index (Phi) is 5.24. The number of carbonyl (C=O) groups excluding carboxylic acids is 1. The molecule has 0 saturated carbocycles. The van der Waals surface area contributed by atoms with E-state index in [9.17, 15) is 4.79 Å². The van der Waals surface area contributed by atoms with E-state index in [1.165, 1.54) is 11.3 Å². The van der Waals surface area contributed by atoms with E-state index >= 15 is 0 Å². The number of hydrogen-bond donors (Lipinski definition) is 0. The minimum absolute atomic E-state index is 0.717. The van der Waals surface area contributed by atoms with Gasteiger partial charge in [0, 0.05) is 12.7 Å². The molecule has 106 valence electrons. The van der Waals surface area contributed by atoms with Crippen molar-refractivity contribution in [3.8, 4) is 0 Å².